The predicted molar refractivity (Wildman–Crippen MR) is 30.8 cm³/mol. The van der Waals surface area contributed by atoms with E-state index in [1.54, 1.807) is 0 Å². The van der Waals surface area contributed by atoms with Crippen LogP contribution in [0.3, 0.4) is 0 Å². The first-order valence-corrected chi connectivity index (χ1v) is 3.07. The zero-order valence-electron chi connectivity index (χ0n) is 4.98. The lowest BCUT2D eigenvalue weighted by Gasteiger charge is -1.99. The molecule has 8 heavy (non-hydrogen) atoms. The number of rotatable bonds is 2. The molecule has 3 heteroatoms. The summed E-state index contributed by atoms with van der Waals surface area (Å²) in [5, 5.41) is -0.769. The SMILES string of the molecule is CCOC1(Cl)OC1C. The lowest BCUT2D eigenvalue weighted by Crippen LogP contribution is -2.09. The highest BCUT2D eigenvalue weighted by Crippen LogP contribution is 2.41. The summed E-state index contributed by atoms with van der Waals surface area (Å²) in [6.45, 7) is 4.37. The van der Waals surface area contributed by atoms with Crippen LogP contribution in [0.2, 0.25) is 0 Å². The fourth-order valence-electron chi connectivity index (χ4n) is 0.555. The van der Waals surface area contributed by atoms with Crippen LogP contribution in [0, 0.1) is 0 Å². The van der Waals surface area contributed by atoms with Crippen molar-refractivity contribution < 1.29 is 9.47 Å². The van der Waals surface area contributed by atoms with Crippen molar-refractivity contribution >= 4 is 11.6 Å². The molecule has 0 aliphatic carbocycles. The number of ether oxygens (including phenoxy) is 2. The fourth-order valence-corrected chi connectivity index (χ4v) is 0.798. The highest BCUT2D eigenvalue weighted by molar-refractivity contribution is 6.23. The van der Waals surface area contributed by atoms with Gasteiger partial charge in [0.2, 0.25) is 0 Å². The molecule has 0 bridgehead atoms. The van der Waals surface area contributed by atoms with Gasteiger partial charge in [-0.15, -0.1) is 0 Å². The summed E-state index contributed by atoms with van der Waals surface area (Å²) in [7, 11) is 0. The van der Waals surface area contributed by atoms with E-state index in [-0.39, 0.29) is 6.10 Å². The number of epoxide rings is 1. The molecule has 0 amide bonds. The van der Waals surface area contributed by atoms with E-state index < -0.39 is 5.25 Å². The topological polar surface area (TPSA) is 21.8 Å². The molecule has 0 radical (unpaired) electrons. The molecule has 1 rings (SSSR count). The number of alkyl halides is 1. The Balaban J connectivity index is 2.25. The molecule has 2 nitrogen and oxygen atoms in total. The van der Waals surface area contributed by atoms with Crippen LogP contribution in [-0.4, -0.2) is 18.0 Å². The van der Waals surface area contributed by atoms with Gasteiger partial charge in [-0.3, -0.25) is 0 Å². The Labute approximate surface area is 53.7 Å². The van der Waals surface area contributed by atoms with Gasteiger partial charge in [-0.05, 0) is 13.8 Å². The molecule has 48 valence electrons. The summed E-state index contributed by atoms with van der Waals surface area (Å²) in [6, 6.07) is 0. The Bertz CT molecular complexity index is 96.4. The van der Waals surface area contributed by atoms with Gasteiger partial charge in [0.15, 0.2) is 0 Å². The Morgan fingerprint density at radius 2 is 2.38 bits per heavy atom. The van der Waals surface area contributed by atoms with Crippen molar-refractivity contribution in [3.05, 3.63) is 0 Å². The van der Waals surface area contributed by atoms with E-state index in [0.717, 1.165) is 0 Å². The minimum atomic E-state index is -0.769. The zero-order valence-corrected chi connectivity index (χ0v) is 5.73. The summed E-state index contributed by atoms with van der Waals surface area (Å²) >= 11 is 5.65. The highest BCUT2D eigenvalue weighted by atomic mass is 35.5. The first kappa shape index (κ1) is 6.33. The smallest absolute Gasteiger partial charge is 0.276 e. The fraction of sp³-hybridized carbons (Fsp3) is 1.00. The van der Waals surface area contributed by atoms with Gasteiger partial charge in [-0.25, -0.2) is 0 Å². The van der Waals surface area contributed by atoms with Gasteiger partial charge in [0.25, 0.3) is 5.25 Å². The second kappa shape index (κ2) is 1.87. The zero-order chi connectivity index (χ0) is 6.20. The number of hydrogen-bond donors (Lipinski definition) is 0. The van der Waals surface area contributed by atoms with Gasteiger partial charge in [0.1, 0.15) is 6.10 Å². The van der Waals surface area contributed by atoms with Crippen LogP contribution in [0.25, 0.3) is 0 Å². The molecule has 2 atom stereocenters. The molecule has 1 aliphatic heterocycles. The maximum absolute atomic E-state index is 5.65. The van der Waals surface area contributed by atoms with Crippen LogP contribution in [-0.2, 0) is 9.47 Å². The second-order valence-electron chi connectivity index (χ2n) is 1.78. The van der Waals surface area contributed by atoms with Crippen LogP contribution >= 0.6 is 11.6 Å². The van der Waals surface area contributed by atoms with Crippen molar-refractivity contribution in [2.45, 2.75) is 25.2 Å². The van der Waals surface area contributed by atoms with Crippen LogP contribution < -0.4 is 0 Å². The molecular weight excluding hydrogens is 128 g/mol. The number of halogens is 1. The predicted octanol–water partition coefficient (Wildman–Crippen LogP) is 1.33. The normalized spacial score (nSPS) is 44.6. The third kappa shape index (κ3) is 0.966. The van der Waals surface area contributed by atoms with E-state index in [1.807, 2.05) is 13.8 Å². The van der Waals surface area contributed by atoms with Gasteiger partial charge < -0.3 is 9.47 Å². The lowest BCUT2D eigenvalue weighted by molar-refractivity contribution is 0.0261. The van der Waals surface area contributed by atoms with E-state index in [2.05, 4.69) is 0 Å². The summed E-state index contributed by atoms with van der Waals surface area (Å²) < 4.78 is 9.88. The molecule has 0 N–H and O–H groups in total. The highest BCUT2D eigenvalue weighted by Gasteiger charge is 2.53. The molecule has 1 fully saturated rings. The molecule has 0 aromatic heterocycles. The molecule has 0 saturated carbocycles. The molecule has 1 aliphatic rings. The quantitative estimate of drug-likeness (QED) is 0.422. The minimum Gasteiger partial charge on any atom is -0.336 e. The van der Waals surface area contributed by atoms with Gasteiger partial charge in [0, 0.05) is 6.61 Å². The second-order valence-corrected chi connectivity index (χ2v) is 2.30. The van der Waals surface area contributed by atoms with Crippen molar-refractivity contribution in [3.63, 3.8) is 0 Å². The first-order valence-electron chi connectivity index (χ1n) is 2.69. The summed E-state index contributed by atoms with van der Waals surface area (Å²) in [6.07, 6.45) is 0.0594. The third-order valence-electron chi connectivity index (χ3n) is 1.11. The van der Waals surface area contributed by atoms with Crippen molar-refractivity contribution in [3.8, 4) is 0 Å². The van der Waals surface area contributed by atoms with Crippen LogP contribution in [0.15, 0.2) is 0 Å². The van der Waals surface area contributed by atoms with E-state index in [0.29, 0.717) is 6.61 Å². The first-order chi connectivity index (χ1) is 3.69. The van der Waals surface area contributed by atoms with E-state index in [4.69, 9.17) is 21.1 Å². The van der Waals surface area contributed by atoms with Crippen LogP contribution in [0.1, 0.15) is 13.8 Å². The minimum absolute atomic E-state index is 0.0594. The van der Waals surface area contributed by atoms with Gasteiger partial charge >= 0.3 is 0 Å². The largest absolute Gasteiger partial charge is 0.336 e. The van der Waals surface area contributed by atoms with Gasteiger partial charge in [-0.2, -0.15) is 0 Å². The molecule has 0 aromatic rings. The molecule has 1 saturated heterocycles. The van der Waals surface area contributed by atoms with Crippen LogP contribution in [0.4, 0.5) is 0 Å². The number of hydrogen-bond acceptors (Lipinski definition) is 2. The van der Waals surface area contributed by atoms with Crippen molar-refractivity contribution in [1.82, 2.24) is 0 Å². The Morgan fingerprint density at radius 1 is 1.88 bits per heavy atom. The maximum atomic E-state index is 5.65. The van der Waals surface area contributed by atoms with Crippen molar-refractivity contribution in [1.29, 1.82) is 0 Å². The lowest BCUT2D eigenvalue weighted by atomic mass is 10.5. The Kier molecular flexibility index (Phi) is 1.48. The van der Waals surface area contributed by atoms with Crippen LogP contribution in [0.5, 0.6) is 0 Å². The summed E-state index contributed by atoms with van der Waals surface area (Å²) in [5.41, 5.74) is 0. The van der Waals surface area contributed by atoms with Gasteiger partial charge in [0.05, 0.1) is 0 Å². The molecular formula is C5H9ClO2. The standard InChI is InChI=1S/C5H9ClO2/c1-3-7-5(6)4(2)8-5/h4H,3H2,1-2H3. The van der Waals surface area contributed by atoms with Gasteiger partial charge in [-0.1, -0.05) is 11.6 Å². The van der Waals surface area contributed by atoms with E-state index >= 15 is 0 Å². The van der Waals surface area contributed by atoms with Crippen molar-refractivity contribution in [2.24, 2.45) is 0 Å². The monoisotopic (exact) mass is 136 g/mol. The maximum Gasteiger partial charge on any atom is 0.276 e. The Hall–Kier alpha value is 0.210. The van der Waals surface area contributed by atoms with E-state index in [9.17, 15) is 0 Å². The third-order valence-corrected chi connectivity index (χ3v) is 1.61. The molecule has 1 heterocycles. The van der Waals surface area contributed by atoms with E-state index in [1.165, 1.54) is 0 Å². The average molecular weight is 137 g/mol. The molecule has 0 spiro atoms. The molecule has 0 aromatic carbocycles. The molecule has 2 unspecified atom stereocenters. The summed E-state index contributed by atoms with van der Waals surface area (Å²) in [4.78, 5) is 0. The van der Waals surface area contributed by atoms with Crippen molar-refractivity contribution in [2.75, 3.05) is 6.61 Å². The summed E-state index contributed by atoms with van der Waals surface area (Å²) in [5.74, 6) is 0. The average Bonchev–Trinajstić information content (AvgIpc) is 2.16. The Morgan fingerprint density at radius 3 is 2.50 bits per heavy atom.